The SMILES string of the molecule is CC(C)CCCOc1cc(F)c(Cl)cc1N. The van der Waals surface area contributed by atoms with E-state index in [2.05, 4.69) is 13.8 Å². The lowest BCUT2D eigenvalue weighted by atomic mass is 10.1. The van der Waals surface area contributed by atoms with Gasteiger partial charge < -0.3 is 10.5 Å². The highest BCUT2D eigenvalue weighted by atomic mass is 35.5. The molecule has 0 radical (unpaired) electrons. The molecule has 1 aromatic carbocycles. The van der Waals surface area contributed by atoms with Gasteiger partial charge >= 0.3 is 0 Å². The number of rotatable bonds is 5. The Hall–Kier alpha value is -0.960. The summed E-state index contributed by atoms with van der Waals surface area (Å²) in [5.74, 6) is 0.503. The first-order valence-electron chi connectivity index (χ1n) is 5.38. The van der Waals surface area contributed by atoms with Crippen molar-refractivity contribution >= 4 is 17.3 Å². The van der Waals surface area contributed by atoms with Crippen LogP contribution in [0, 0.1) is 11.7 Å². The molecule has 0 aliphatic rings. The highest BCUT2D eigenvalue weighted by Crippen LogP contribution is 2.28. The van der Waals surface area contributed by atoms with Gasteiger partial charge in [-0.2, -0.15) is 0 Å². The number of hydrogen-bond acceptors (Lipinski definition) is 2. The second-order valence-corrected chi connectivity index (χ2v) is 4.60. The summed E-state index contributed by atoms with van der Waals surface area (Å²) in [6.07, 6.45) is 2.01. The molecular weight excluding hydrogens is 229 g/mol. The first-order valence-corrected chi connectivity index (χ1v) is 5.76. The molecule has 2 nitrogen and oxygen atoms in total. The number of hydrogen-bond donors (Lipinski definition) is 1. The Labute approximate surface area is 101 Å². The van der Waals surface area contributed by atoms with Gasteiger partial charge in [0.1, 0.15) is 11.6 Å². The maximum Gasteiger partial charge on any atom is 0.145 e. The van der Waals surface area contributed by atoms with Crippen LogP contribution < -0.4 is 10.5 Å². The van der Waals surface area contributed by atoms with Crippen molar-refractivity contribution in [2.24, 2.45) is 5.92 Å². The van der Waals surface area contributed by atoms with Gasteiger partial charge in [-0.15, -0.1) is 0 Å². The molecule has 0 saturated carbocycles. The highest BCUT2D eigenvalue weighted by Gasteiger charge is 2.07. The van der Waals surface area contributed by atoms with E-state index in [-0.39, 0.29) is 5.02 Å². The van der Waals surface area contributed by atoms with Gasteiger partial charge in [-0.25, -0.2) is 4.39 Å². The Morgan fingerprint density at radius 3 is 2.75 bits per heavy atom. The summed E-state index contributed by atoms with van der Waals surface area (Å²) in [5, 5.41) is 0.0204. The Morgan fingerprint density at radius 2 is 2.12 bits per heavy atom. The molecular formula is C12H17ClFNO. The maximum atomic E-state index is 13.1. The van der Waals surface area contributed by atoms with Crippen LogP contribution in [-0.2, 0) is 0 Å². The summed E-state index contributed by atoms with van der Waals surface area (Å²) < 4.78 is 18.5. The minimum atomic E-state index is -0.505. The first-order chi connectivity index (χ1) is 7.50. The molecule has 90 valence electrons. The highest BCUT2D eigenvalue weighted by molar-refractivity contribution is 6.31. The molecule has 0 aromatic heterocycles. The van der Waals surface area contributed by atoms with E-state index in [0.29, 0.717) is 24.0 Å². The molecule has 4 heteroatoms. The van der Waals surface area contributed by atoms with E-state index in [1.54, 1.807) is 0 Å². The summed E-state index contributed by atoms with van der Waals surface area (Å²) in [6.45, 7) is 4.84. The molecule has 0 aliphatic carbocycles. The predicted molar refractivity (Wildman–Crippen MR) is 65.4 cm³/mol. The minimum absolute atomic E-state index is 0.0204. The van der Waals surface area contributed by atoms with Crippen molar-refractivity contribution in [3.05, 3.63) is 23.0 Å². The molecule has 0 saturated heterocycles. The minimum Gasteiger partial charge on any atom is -0.491 e. The molecule has 2 N–H and O–H groups in total. The molecule has 0 aliphatic heterocycles. The third-order valence-electron chi connectivity index (χ3n) is 2.24. The van der Waals surface area contributed by atoms with Gasteiger partial charge in [-0.05, 0) is 24.8 Å². The normalized spacial score (nSPS) is 10.8. The second kappa shape index (κ2) is 5.94. The number of halogens is 2. The molecule has 0 atom stereocenters. The topological polar surface area (TPSA) is 35.2 Å². The lowest BCUT2D eigenvalue weighted by Crippen LogP contribution is -2.02. The largest absolute Gasteiger partial charge is 0.491 e. The molecule has 0 heterocycles. The van der Waals surface area contributed by atoms with Crippen LogP contribution in [0.2, 0.25) is 5.02 Å². The lowest BCUT2D eigenvalue weighted by molar-refractivity contribution is 0.298. The quantitative estimate of drug-likeness (QED) is 0.631. The number of nitrogens with two attached hydrogens (primary N) is 1. The van der Waals surface area contributed by atoms with E-state index >= 15 is 0 Å². The molecule has 1 rings (SSSR count). The Balaban J connectivity index is 2.51. The van der Waals surface area contributed by atoms with E-state index in [1.807, 2.05) is 0 Å². The molecule has 1 aromatic rings. The zero-order valence-corrected chi connectivity index (χ0v) is 10.4. The molecule has 0 fully saturated rings. The predicted octanol–water partition coefficient (Wildman–Crippen LogP) is 3.88. The average molecular weight is 246 g/mol. The monoisotopic (exact) mass is 245 g/mol. The van der Waals surface area contributed by atoms with Crippen molar-refractivity contribution < 1.29 is 9.13 Å². The number of benzene rings is 1. The van der Waals surface area contributed by atoms with Gasteiger partial charge in [0.05, 0.1) is 17.3 Å². The lowest BCUT2D eigenvalue weighted by Gasteiger charge is -2.10. The zero-order chi connectivity index (χ0) is 12.1. The summed E-state index contributed by atoms with van der Waals surface area (Å²) in [4.78, 5) is 0. The fourth-order valence-electron chi connectivity index (χ4n) is 1.34. The van der Waals surface area contributed by atoms with Gasteiger partial charge in [0.25, 0.3) is 0 Å². The Morgan fingerprint density at radius 1 is 1.44 bits per heavy atom. The van der Waals surface area contributed by atoms with Crippen molar-refractivity contribution in [1.82, 2.24) is 0 Å². The van der Waals surface area contributed by atoms with Crippen LogP contribution in [-0.4, -0.2) is 6.61 Å². The summed E-state index contributed by atoms with van der Waals surface area (Å²) in [6, 6.07) is 2.60. The smallest absolute Gasteiger partial charge is 0.145 e. The van der Waals surface area contributed by atoms with Crippen LogP contribution in [0.15, 0.2) is 12.1 Å². The van der Waals surface area contributed by atoms with Crippen LogP contribution in [0.1, 0.15) is 26.7 Å². The second-order valence-electron chi connectivity index (χ2n) is 4.19. The van der Waals surface area contributed by atoms with Crippen molar-refractivity contribution in [2.45, 2.75) is 26.7 Å². The van der Waals surface area contributed by atoms with E-state index < -0.39 is 5.82 Å². The van der Waals surface area contributed by atoms with Crippen molar-refractivity contribution in [3.8, 4) is 5.75 Å². The number of nitrogen functional groups attached to an aromatic ring is 1. The number of ether oxygens (including phenoxy) is 1. The molecule has 0 spiro atoms. The number of anilines is 1. The van der Waals surface area contributed by atoms with Gasteiger partial charge in [-0.3, -0.25) is 0 Å². The molecule has 0 amide bonds. The van der Waals surface area contributed by atoms with Crippen LogP contribution in [0.25, 0.3) is 0 Å². The first kappa shape index (κ1) is 13.1. The van der Waals surface area contributed by atoms with Crippen LogP contribution >= 0.6 is 11.6 Å². The van der Waals surface area contributed by atoms with Gasteiger partial charge in [0.15, 0.2) is 0 Å². The van der Waals surface area contributed by atoms with E-state index in [4.69, 9.17) is 22.1 Å². The van der Waals surface area contributed by atoms with Gasteiger partial charge in [0.2, 0.25) is 0 Å². The van der Waals surface area contributed by atoms with Gasteiger partial charge in [-0.1, -0.05) is 25.4 Å². The van der Waals surface area contributed by atoms with Crippen LogP contribution in [0.3, 0.4) is 0 Å². The summed E-state index contributed by atoms with van der Waals surface area (Å²) in [5.41, 5.74) is 6.03. The van der Waals surface area contributed by atoms with Crippen molar-refractivity contribution in [2.75, 3.05) is 12.3 Å². The van der Waals surface area contributed by atoms with Crippen LogP contribution in [0.5, 0.6) is 5.75 Å². The maximum absolute atomic E-state index is 13.1. The Bertz CT molecular complexity index is 355. The summed E-state index contributed by atoms with van der Waals surface area (Å²) >= 11 is 5.58. The summed E-state index contributed by atoms with van der Waals surface area (Å²) in [7, 11) is 0. The van der Waals surface area contributed by atoms with Crippen molar-refractivity contribution in [1.29, 1.82) is 0 Å². The van der Waals surface area contributed by atoms with Crippen LogP contribution in [0.4, 0.5) is 10.1 Å². The molecule has 0 bridgehead atoms. The average Bonchev–Trinajstić information content (AvgIpc) is 2.19. The molecule has 0 unspecified atom stereocenters. The van der Waals surface area contributed by atoms with E-state index in [1.165, 1.54) is 12.1 Å². The fraction of sp³-hybridized carbons (Fsp3) is 0.500. The molecule has 16 heavy (non-hydrogen) atoms. The zero-order valence-electron chi connectivity index (χ0n) is 9.59. The standard InChI is InChI=1S/C12H17ClFNO/c1-8(2)4-3-5-16-12-7-10(14)9(13)6-11(12)15/h6-8H,3-5,15H2,1-2H3. The Kier molecular flexibility index (Phi) is 4.87. The fourth-order valence-corrected chi connectivity index (χ4v) is 1.51. The third kappa shape index (κ3) is 3.89. The van der Waals surface area contributed by atoms with E-state index in [0.717, 1.165) is 12.8 Å². The van der Waals surface area contributed by atoms with E-state index in [9.17, 15) is 4.39 Å². The van der Waals surface area contributed by atoms with Gasteiger partial charge in [0, 0.05) is 6.07 Å². The van der Waals surface area contributed by atoms with Crippen molar-refractivity contribution in [3.63, 3.8) is 0 Å². The third-order valence-corrected chi connectivity index (χ3v) is 2.53.